The van der Waals surface area contributed by atoms with Crippen molar-refractivity contribution in [2.24, 2.45) is 0 Å². The van der Waals surface area contributed by atoms with Crippen LogP contribution in [0.2, 0.25) is 5.02 Å². The minimum Gasteiger partial charge on any atom is -0.267 e. The summed E-state index contributed by atoms with van der Waals surface area (Å²) < 4.78 is 1.46. The van der Waals surface area contributed by atoms with E-state index in [1.807, 2.05) is 13.0 Å². The van der Waals surface area contributed by atoms with Gasteiger partial charge in [-0.3, -0.25) is 9.20 Å². The van der Waals surface area contributed by atoms with Crippen LogP contribution in [0, 0.1) is 13.8 Å². The van der Waals surface area contributed by atoms with Crippen LogP contribution in [0.25, 0.3) is 5.65 Å². The summed E-state index contributed by atoms with van der Waals surface area (Å²) in [6.45, 7) is 3.64. The molecule has 0 amide bonds. The molecule has 0 aliphatic rings. The monoisotopic (exact) mass is 208 g/mol. The standard InChI is InChI=1S/C10H9ClN2O/c1-6-4-3-5-13-9(6)12-7(2)8(11)10(13)14/h3-5H,1-2H3. The molecule has 0 N–H and O–H groups in total. The Kier molecular flexibility index (Phi) is 2.04. The maximum Gasteiger partial charge on any atom is 0.276 e. The zero-order chi connectivity index (χ0) is 10.3. The van der Waals surface area contributed by atoms with Gasteiger partial charge in [-0.1, -0.05) is 17.7 Å². The van der Waals surface area contributed by atoms with Crippen molar-refractivity contribution in [2.75, 3.05) is 0 Å². The van der Waals surface area contributed by atoms with Gasteiger partial charge in [-0.25, -0.2) is 4.98 Å². The second kappa shape index (κ2) is 3.10. The Hall–Kier alpha value is -1.35. The highest BCUT2D eigenvalue weighted by atomic mass is 35.5. The van der Waals surface area contributed by atoms with Crippen LogP contribution >= 0.6 is 11.6 Å². The quantitative estimate of drug-likeness (QED) is 0.664. The molecule has 0 bridgehead atoms. The Morgan fingerprint density at radius 3 is 2.86 bits per heavy atom. The molecule has 0 spiro atoms. The van der Waals surface area contributed by atoms with Gasteiger partial charge in [0.1, 0.15) is 10.7 Å². The van der Waals surface area contributed by atoms with Gasteiger partial charge in [0.05, 0.1) is 5.69 Å². The summed E-state index contributed by atoms with van der Waals surface area (Å²) in [4.78, 5) is 16.0. The molecule has 2 heterocycles. The molecule has 2 rings (SSSR count). The Balaban J connectivity index is 3.06. The summed E-state index contributed by atoms with van der Waals surface area (Å²) >= 11 is 5.81. The number of rotatable bonds is 0. The molecule has 0 saturated heterocycles. The Morgan fingerprint density at radius 1 is 1.43 bits per heavy atom. The van der Waals surface area contributed by atoms with Gasteiger partial charge in [-0.2, -0.15) is 0 Å². The van der Waals surface area contributed by atoms with E-state index >= 15 is 0 Å². The van der Waals surface area contributed by atoms with Crippen LogP contribution in [-0.2, 0) is 0 Å². The van der Waals surface area contributed by atoms with Crippen LogP contribution in [0.4, 0.5) is 0 Å². The molecule has 0 saturated carbocycles. The molecular weight excluding hydrogens is 200 g/mol. The Bertz CT molecular complexity index is 560. The third-order valence-corrected chi connectivity index (χ3v) is 2.60. The SMILES string of the molecule is Cc1nc2c(C)cccn2c(=O)c1Cl. The third kappa shape index (κ3) is 1.21. The summed E-state index contributed by atoms with van der Waals surface area (Å²) in [5.74, 6) is 0. The molecule has 0 fully saturated rings. The van der Waals surface area contributed by atoms with Crippen molar-refractivity contribution in [3.05, 3.63) is 45.0 Å². The Morgan fingerprint density at radius 2 is 2.14 bits per heavy atom. The molecule has 0 aliphatic carbocycles. The topological polar surface area (TPSA) is 34.4 Å². The molecule has 0 aliphatic heterocycles. The predicted molar refractivity (Wildman–Crippen MR) is 55.9 cm³/mol. The number of hydrogen-bond donors (Lipinski definition) is 0. The molecular formula is C10H9ClN2O. The van der Waals surface area contributed by atoms with Crippen LogP contribution in [0.3, 0.4) is 0 Å². The largest absolute Gasteiger partial charge is 0.276 e. The predicted octanol–water partition coefficient (Wildman–Crippen LogP) is 1.96. The van der Waals surface area contributed by atoms with Crippen LogP contribution in [0.5, 0.6) is 0 Å². The average molecular weight is 209 g/mol. The second-order valence-corrected chi connectivity index (χ2v) is 3.58. The van der Waals surface area contributed by atoms with Gasteiger partial charge in [-0.05, 0) is 25.5 Å². The normalized spacial score (nSPS) is 10.8. The maximum atomic E-state index is 11.7. The lowest BCUT2D eigenvalue weighted by Crippen LogP contribution is -2.17. The molecule has 0 unspecified atom stereocenters. The molecule has 2 aromatic rings. The lowest BCUT2D eigenvalue weighted by molar-refractivity contribution is 1.01. The number of aryl methyl sites for hydroxylation is 2. The van der Waals surface area contributed by atoms with Crippen molar-refractivity contribution in [3.63, 3.8) is 0 Å². The second-order valence-electron chi connectivity index (χ2n) is 3.20. The highest BCUT2D eigenvalue weighted by Gasteiger charge is 2.07. The zero-order valence-corrected chi connectivity index (χ0v) is 8.67. The van der Waals surface area contributed by atoms with E-state index in [0.29, 0.717) is 11.3 Å². The summed E-state index contributed by atoms with van der Waals surface area (Å²) in [6.07, 6.45) is 1.67. The van der Waals surface area contributed by atoms with Gasteiger partial charge >= 0.3 is 0 Å². The number of pyridine rings is 1. The lowest BCUT2D eigenvalue weighted by Gasteiger charge is -2.04. The fourth-order valence-electron chi connectivity index (χ4n) is 1.38. The van der Waals surface area contributed by atoms with Crippen molar-refractivity contribution >= 4 is 17.2 Å². The first-order chi connectivity index (χ1) is 6.61. The number of fused-ring (bicyclic) bond motifs is 1. The minimum atomic E-state index is -0.210. The fraction of sp³-hybridized carbons (Fsp3) is 0.200. The van der Waals surface area contributed by atoms with Crippen LogP contribution in [0.1, 0.15) is 11.3 Å². The first-order valence-corrected chi connectivity index (χ1v) is 4.63. The van der Waals surface area contributed by atoms with Crippen LogP contribution in [0.15, 0.2) is 23.1 Å². The number of aromatic nitrogens is 2. The smallest absolute Gasteiger partial charge is 0.267 e. The molecule has 0 aromatic carbocycles. The van der Waals surface area contributed by atoms with Crippen molar-refractivity contribution in [1.29, 1.82) is 0 Å². The third-order valence-electron chi connectivity index (χ3n) is 2.16. The van der Waals surface area contributed by atoms with E-state index in [1.165, 1.54) is 4.40 Å². The maximum absolute atomic E-state index is 11.7. The zero-order valence-electron chi connectivity index (χ0n) is 7.91. The lowest BCUT2D eigenvalue weighted by atomic mass is 10.3. The van der Waals surface area contributed by atoms with E-state index in [1.54, 1.807) is 19.2 Å². The number of hydrogen-bond acceptors (Lipinski definition) is 2. The summed E-state index contributed by atoms with van der Waals surface area (Å²) in [6, 6.07) is 3.71. The number of nitrogens with zero attached hydrogens (tertiary/aromatic N) is 2. The molecule has 72 valence electrons. The van der Waals surface area contributed by atoms with Gasteiger partial charge in [-0.15, -0.1) is 0 Å². The Labute approximate surface area is 86.0 Å². The van der Waals surface area contributed by atoms with E-state index in [-0.39, 0.29) is 10.6 Å². The highest BCUT2D eigenvalue weighted by Crippen LogP contribution is 2.11. The van der Waals surface area contributed by atoms with Crippen molar-refractivity contribution in [3.8, 4) is 0 Å². The molecule has 0 atom stereocenters. The first kappa shape index (κ1) is 9.21. The number of halogens is 1. The van der Waals surface area contributed by atoms with E-state index in [2.05, 4.69) is 4.98 Å². The van der Waals surface area contributed by atoms with Gasteiger partial charge in [0.2, 0.25) is 0 Å². The first-order valence-electron chi connectivity index (χ1n) is 4.25. The molecule has 2 aromatic heterocycles. The highest BCUT2D eigenvalue weighted by molar-refractivity contribution is 6.31. The van der Waals surface area contributed by atoms with Crippen molar-refractivity contribution < 1.29 is 0 Å². The average Bonchev–Trinajstić information content (AvgIpc) is 2.17. The van der Waals surface area contributed by atoms with E-state index in [0.717, 1.165) is 5.56 Å². The summed E-state index contributed by atoms with van der Waals surface area (Å²) in [7, 11) is 0. The van der Waals surface area contributed by atoms with Gasteiger partial charge in [0.25, 0.3) is 5.56 Å². The molecule has 3 nitrogen and oxygen atoms in total. The van der Waals surface area contributed by atoms with Crippen molar-refractivity contribution in [2.45, 2.75) is 13.8 Å². The fourth-order valence-corrected chi connectivity index (χ4v) is 1.52. The minimum absolute atomic E-state index is 0.188. The van der Waals surface area contributed by atoms with E-state index in [4.69, 9.17) is 11.6 Å². The summed E-state index contributed by atoms with van der Waals surface area (Å²) in [5, 5.41) is 0.188. The van der Waals surface area contributed by atoms with Crippen molar-refractivity contribution in [1.82, 2.24) is 9.38 Å². The van der Waals surface area contributed by atoms with Gasteiger partial charge in [0, 0.05) is 6.20 Å². The molecule has 4 heteroatoms. The van der Waals surface area contributed by atoms with Gasteiger partial charge < -0.3 is 0 Å². The molecule has 0 radical (unpaired) electrons. The van der Waals surface area contributed by atoms with Crippen LogP contribution in [-0.4, -0.2) is 9.38 Å². The van der Waals surface area contributed by atoms with E-state index < -0.39 is 0 Å². The van der Waals surface area contributed by atoms with E-state index in [9.17, 15) is 4.79 Å². The summed E-state index contributed by atoms with van der Waals surface area (Å²) in [5.41, 5.74) is 1.99. The molecule has 14 heavy (non-hydrogen) atoms. The van der Waals surface area contributed by atoms with Gasteiger partial charge in [0.15, 0.2) is 0 Å². The van der Waals surface area contributed by atoms with Crippen LogP contribution < -0.4 is 5.56 Å².